The maximum atomic E-state index is 5.23. The minimum Gasteiger partial charge on any atom is -0.228 e. The minimum absolute atomic E-state index is 0.701. The molecule has 1 aromatic heterocycles. The van der Waals surface area contributed by atoms with Crippen LogP contribution in [0.4, 0.5) is 0 Å². The predicted octanol–water partition coefficient (Wildman–Crippen LogP) is 13.4. The number of aromatic nitrogens is 2. The second-order valence-electron chi connectivity index (χ2n) is 13.4. The molecule has 0 fully saturated rings. The topological polar surface area (TPSA) is 25.8 Å². The van der Waals surface area contributed by atoms with E-state index in [1.807, 2.05) is 6.07 Å². The summed E-state index contributed by atoms with van der Waals surface area (Å²) in [5.41, 5.74) is 9.67. The first-order valence-corrected chi connectivity index (χ1v) is 17.7. The highest BCUT2D eigenvalue weighted by atomic mass is 14.9. The standard InChI is InChI=1S/C50H32N2/c1-2-14-35(15-3-1)46-32-47(40-19-10-18-38(30-40)43-23-11-17-33-12-4-7-20-42(33)43)52-50(51-46)37-27-25-36(26-28-37)48-45-22-9-6-16-39(45)31-41-29-24-34-13-5-8-21-44(34)49(41)48/h1-32H. The average molecular weight is 661 g/mol. The van der Waals surface area contributed by atoms with E-state index in [9.17, 15) is 0 Å². The Kier molecular flexibility index (Phi) is 7.18. The maximum Gasteiger partial charge on any atom is 0.160 e. The van der Waals surface area contributed by atoms with Crippen molar-refractivity contribution in [2.45, 2.75) is 0 Å². The van der Waals surface area contributed by atoms with Crippen molar-refractivity contribution in [3.05, 3.63) is 194 Å². The van der Waals surface area contributed by atoms with Crippen molar-refractivity contribution in [2.75, 3.05) is 0 Å². The number of benzene rings is 9. The van der Waals surface area contributed by atoms with E-state index in [0.29, 0.717) is 5.82 Å². The smallest absolute Gasteiger partial charge is 0.160 e. The normalized spacial score (nSPS) is 11.5. The molecule has 1 heterocycles. The van der Waals surface area contributed by atoms with Gasteiger partial charge in [0, 0.05) is 16.7 Å². The molecule has 0 unspecified atom stereocenters. The number of fused-ring (bicyclic) bond motifs is 5. The van der Waals surface area contributed by atoms with E-state index in [1.165, 1.54) is 59.8 Å². The van der Waals surface area contributed by atoms with Gasteiger partial charge in [-0.05, 0) is 83.5 Å². The van der Waals surface area contributed by atoms with Crippen molar-refractivity contribution in [3.8, 4) is 56.2 Å². The Labute approximate surface area is 302 Å². The lowest BCUT2D eigenvalue weighted by atomic mass is 9.89. The Morgan fingerprint density at radius 3 is 1.65 bits per heavy atom. The molecule has 0 spiro atoms. The quantitative estimate of drug-likeness (QED) is 0.136. The molecule has 52 heavy (non-hydrogen) atoms. The third kappa shape index (κ3) is 5.21. The van der Waals surface area contributed by atoms with Gasteiger partial charge in [-0.15, -0.1) is 0 Å². The minimum atomic E-state index is 0.701. The van der Waals surface area contributed by atoms with E-state index in [-0.39, 0.29) is 0 Å². The first-order chi connectivity index (χ1) is 25.8. The molecule has 10 aromatic rings. The number of hydrogen-bond acceptors (Lipinski definition) is 2. The van der Waals surface area contributed by atoms with Crippen molar-refractivity contribution >= 4 is 43.1 Å². The molecule has 9 aromatic carbocycles. The summed E-state index contributed by atoms with van der Waals surface area (Å²) in [5, 5.41) is 9.97. The molecule has 0 amide bonds. The van der Waals surface area contributed by atoms with Crippen LogP contribution in [0.1, 0.15) is 0 Å². The van der Waals surface area contributed by atoms with Crippen LogP contribution < -0.4 is 0 Å². The Morgan fingerprint density at radius 1 is 0.288 bits per heavy atom. The average Bonchev–Trinajstić information content (AvgIpc) is 3.23. The Hall–Kier alpha value is -6.90. The van der Waals surface area contributed by atoms with Crippen LogP contribution in [0.25, 0.3) is 99.2 Å². The first-order valence-electron chi connectivity index (χ1n) is 17.7. The molecule has 0 aliphatic carbocycles. The van der Waals surface area contributed by atoms with Gasteiger partial charge in [-0.1, -0.05) is 176 Å². The summed E-state index contributed by atoms with van der Waals surface area (Å²) < 4.78 is 0. The van der Waals surface area contributed by atoms with Crippen LogP contribution in [0.15, 0.2) is 194 Å². The third-order valence-electron chi connectivity index (χ3n) is 10.2. The summed E-state index contributed by atoms with van der Waals surface area (Å²) in [6.07, 6.45) is 0. The van der Waals surface area contributed by atoms with E-state index in [1.54, 1.807) is 0 Å². The van der Waals surface area contributed by atoms with Crippen LogP contribution >= 0.6 is 0 Å². The molecule has 0 aliphatic heterocycles. The summed E-state index contributed by atoms with van der Waals surface area (Å²) in [6, 6.07) is 69.3. The zero-order valence-corrected chi connectivity index (χ0v) is 28.4. The fraction of sp³-hybridized carbons (Fsp3) is 0. The molecule has 10 rings (SSSR count). The molecule has 0 N–H and O–H groups in total. The van der Waals surface area contributed by atoms with E-state index in [0.717, 1.165) is 33.6 Å². The van der Waals surface area contributed by atoms with E-state index >= 15 is 0 Å². The Morgan fingerprint density at radius 2 is 0.846 bits per heavy atom. The van der Waals surface area contributed by atoms with Gasteiger partial charge in [0.25, 0.3) is 0 Å². The van der Waals surface area contributed by atoms with Gasteiger partial charge in [0.15, 0.2) is 5.82 Å². The Bertz CT molecular complexity index is 2940. The zero-order chi connectivity index (χ0) is 34.4. The molecule has 0 saturated carbocycles. The molecule has 0 aliphatic rings. The van der Waals surface area contributed by atoms with Gasteiger partial charge >= 0.3 is 0 Å². The van der Waals surface area contributed by atoms with Crippen LogP contribution in [0.3, 0.4) is 0 Å². The Balaban J connectivity index is 1.12. The van der Waals surface area contributed by atoms with Gasteiger partial charge in [-0.2, -0.15) is 0 Å². The number of rotatable bonds is 5. The van der Waals surface area contributed by atoms with Crippen LogP contribution in [-0.2, 0) is 0 Å². The third-order valence-corrected chi connectivity index (χ3v) is 10.2. The van der Waals surface area contributed by atoms with E-state index in [2.05, 4.69) is 188 Å². The molecule has 2 heteroatoms. The summed E-state index contributed by atoms with van der Waals surface area (Å²) in [6.45, 7) is 0. The molecule has 0 radical (unpaired) electrons. The van der Waals surface area contributed by atoms with Crippen LogP contribution in [0.5, 0.6) is 0 Å². The van der Waals surface area contributed by atoms with Crippen molar-refractivity contribution in [2.24, 2.45) is 0 Å². The lowest BCUT2D eigenvalue weighted by molar-refractivity contribution is 1.18. The van der Waals surface area contributed by atoms with Gasteiger partial charge in [-0.25, -0.2) is 9.97 Å². The van der Waals surface area contributed by atoms with Gasteiger partial charge in [-0.3, -0.25) is 0 Å². The lowest BCUT2D eigenvalue weighted by Gasteiger charge is -2.15. The molecule has 242 valence electrons. The molecular formula is C50H32N2. The SMILES string of the molecule is c1ccc(-c2cc(-c3cccc(-c4cccc5ccccc45)c3)nc(-c3ccc(-c4c5ccccc5cc5ccc6ccccc6c45)cc3)n2)cc1. The lowest BCUT2D eigenvalue weighted by Crippen LogP contribution is -1.96. The molecule has 0 saturated heterocycles. The van der Waals surface area contributed by atoms with E-state index in [4.69, 9.17) is 9.97 Å². The highest BCUT2D eigenvalue weighted by Crippen LogP contribution is 2.41. The van der Waals surface area contributed by atoms with Crippen molar-refractivity contribution in [1.82, 2.24) is 9.97 Å². The summed E-state index contributed by atoms with van der Waals surface area (Å²) >= 11 is 0. The molecular weight excluding hydrogens is 629 g/mol. The molecule has 0 bridgehead atoms. The number of hydrogen-bond donors (Lipinski definition) is 0. The second kappa shape index (κ2) is 12.5. The van der Waals surface area contributed by atoms with Crippen molar-refractivity contribution in [3.63, 3.8) is 0 Å². The fourth-order valence-corrected chi connectivity index (χ4v) is 7.73. The number of nitrogens with zero attached hydrogens (tertiary/aromatic N) is 2. The van der Waals surface area contributed by atoms with Crippen molar-refractivity contribution < 1.29 is 0 Å². The zero-order valence-electron chi connectivity index (χ0n) is 28.4. The monoisotopic (exact) mass is 660 g/mol. The van der Waals surface area contributed by atoms with Crippen LogP contribution in [0, 0.1) is 0 Å². The van der Waals surface area contributed by atoms with Gasteiger partial charge in [0.1, 0.15) is 0 Å². The largest absolute Gasteiger partial charge is 0.228 e. The highest BCUT2D eigenvalue weighted by Gasteiger charge is 2.15. The van der Waals surface area contributed by atoms with Gasteiger partial charge in [0.05, 0.1) is 11.4 Å². The highest BCUT2D eigenvalue weighted by molar-refractivity contribution is 6.22. The second-order valence-corrected chi connectivity index (χ2v) is 13.4. The molecule has 0 atom stereocenters. The van der Waals surface area contributed by atoms with Crippen LogP contribution in [-0.4, -0.2) is 9.97 Å². The first kappa shape index (κ1) is 30.0. The fourth-order valence-electron chi connectivity index (χ4n) is 7.73. The maximum absolute atomic E-state index is 5.23. The molecule has 2 nitrogen and oxygen atoms in total. The van der Waals surface area contributed by atoms with Gasteiger partial charge in [0.2, 0.25) is 0 Å². The predicted molar refractivity (Wildman–Crippen MR) is 219 cm³/mol. The van der Waals surface area contributed by atoms with Gasteiger partial charge < -0.3 is 0 Å². The van der Waals surface area contributed by atoms with Crippen LogP contribution in [0.2, 0.25) is 0 Å². The van der Waals surface area contributed by atoms with Crippen molar-refractivity contribution in [1.29, 1.82) is 0 Å². The summed E-state index contributed by atoms with van der Waals surface area (Å²) in [4.78, 5) is 10.4. The van der Waals surface area contributed by atoms with E-state index < -0.39 is 0 Å². The summed E-state index contributed by atoms with van der Waals surface area (Å²) in [7, 11) is 0. The summed E-state index contributed by atoms with van der Waals surface area (Å²) in [5.74, 6) is 0.701.